The molecule has 0 aliphatic carbocycles. The van der Waals surface area contributed by atoms with Crippen molar-refractivity contribution >= 4 is 0 Å². The van der Waals surface area contributed by atoms with Crippen LogP contribution in [0.5, 0.6) is 0 Å². The van der Waals surface area contributed by atoms with Crippen LogP contribution in [0.3, 0.4) is 0 Å². The van der Waals surface area contributed by atoms with E-state index in [2.05, 4.69) is 29.9 Å². The van der Waals surface area contributed by atoms with E-state index in [-0.39, 0.29) is 29.2 Å². The van der Waals surface area contributed by atoms with Crippen molar-refractivity contribution in [3.63, 3.8) is 0 Å². The SMILES string of the molecule is [Cl-].[Co+2].c1ccc(-c2cccc(-c3ccccn3)n2)nc1.c1ccc(-c2cccc(-c3ccccn3)n2)nc1. The largest absolute Gasteiger partial charge is 2.00 e. The van der Waals surface area contributed by atoms with Crippen LogP contribution in [-0.2, 0) is 16.8 Å². The Kier molecular flexibility index (Phi) is 10.7. The molecule has 8 heteroatoms. The molecule has 0 aromatic carbocycles. The zero-order valence-corrected chi connectivity index (χ0v) is 21.9. The van der Waals surface area contributed by atoms with Gasteiger partial charge in [0, 0.05) is 24.8 Å². The maximum Gasteiger partial charge on any atom is 2.00 e. The average Bonchev–Trinajstić information content (AvgIpc) is 2.99. The molecule has 6 nitrogen and oxygen atoms in total. The van der Waals surface area contributed by atoms with Crippen LogP contribution in [0.15, 0.2) is 134 Å². The Morgan fingerprint density at radius 3 is 0.737 bits per heavy atom. The number of aromatic nitrogens is 6. The number of hydrogen-bond acceptors (Lipinski definition) is 6. The topological polar surface area (TPSA) is 77.3 Å². The van der Waals surface area contributed by atoms with Gasteiger partial charge in [-0.2, -0.15) is 0 Å². The molecule has 0 N–H and O–H groups in total. The number of pyridine rings is 6. The predicted molar refractivity (Wildman–Crippen MR) is 141 cm³/mol. The minimum atomic E-state index is 0. The van der Waals surface area contributed by atoms with Gasteiger partial charge in [0.2, 0.25) is 0 Å². The van der Waals surface area contributed by atoms with Gasteiger partial charge in [-0.1, -0.05) is 36.4 Å². The Hall–Kier alpha value is -4.30. The second-order valence-corrected chi connectivity index (χ2v) is 7.68. The molecule has 6 heterocycles. The van der Waals surface area contributed by atoms with E-state index in [9.17, 15) is 0 Å². The third-order valence-electron chi connectivity index (χ3n) is 5.21. The van der Waals surface area contributed by atoms with Gasteiger partial charge < -0.3 is 12.4 Å². The first-order valence-corrected chi connectivity index (χ1v) is 11.5. The fourth-order valence-electron chi connectivity index (χ4n) is 3.50. The van der Waals surface area contributed by atoms with Gasteiger partial charge in [-0.25, -0.2) is 9.97 Å². The molecular formula is C30H22ClCoN6+. The molecule has 187 valence electrons. The second kappa shape index (κ2) is 14.4. The maximum absolute atomic E-state index is 4.59. The fourth-order valence-corrected chi connectivity index (χ4v) is 3.50. The van der Waals surface area contributed by atoms with Crippen LogP contribution in [0, 0.1) is 0 Å². The Balaban J connectivity index is 0.000000200. The molecule has 0 amide bonds. The summed E-state index contributed by atoms with van der Waals surface area (Å²) in [5.74, 6) is 0. The van der Waals surface area contributed by atoms with Gasteiger partial charge >= 0.3 is 16.8 Å². The van der Waals surface area contributed by atoms with Crippen molar-refractivity contribution in [2.24, 2.45) is 0 Å². The monoisotopic (exact) mass is 560 g/mol. The summed E-state index contributed by atoms with van der Waals surface area (Å²) in [6, 6.07) is 35.0. The normalized spacial score (nSPS) is 9.68. The van der Waals surface area contributed by atoms with Crippen molar-refractivity contribution in [1.82, 2.24) is 29.9 Å². The Morgan fingerprint density at radius 2 is 0.526 bits per heavy atom. The molecule has 6 aromatic heterocycles. The summed E-state index contributed by atoms with van der Waals surface area (Å²) in [4.78, 5) is 26.4. The first-order chi connectivity index (χ1) is 17.9. The van der Waals surface area contributed by atoms with Crippen molar-refractivity contribution < 1.29 is 29.2 Å². The molecule has 0 bridgehead atoms. The zero-order valence-electron chi connectivity index (χ0n) is 20.1. The third kappa shape index (κ3) is 7.36. The van der Waals surface area contributed by atoms with Crippen LogP contribution < -0.4 is 12.4 Å². The summed E-state index contributed by atoms with van der Waals surface area (Å²) in [6.07, 6.45) is 7.07. The van der Waals surface area contributed by atoms with E-state index in [0.29, 0.717) is 0 Å². The average molecular weight is 561 g/mol. The molecule has 0 unspecified atom stereocenters. The fraction of sp³-hybridized carbons (Fsp3) is 0. The van der Waals surface area contributed by atoms with Crippen molar-refractivity contribution in [2.45, 2.75) is 0 Å². The van der Waals surface area contributed by atoms with Gasteiger partial charge in [-0.3, -0.25) is 19.9 Å². The van der Waals surface area contributed by atoms with Crippen LogP contribution in [0.4, 0.5) is 0 Å². The molecule has 0 fully saturated rings. The van der Waals surface area contributed by atoms with Gasteiger partial charge in [-0.15, -0.1) is 0 Å². The Morgan fingerprint density at radius 1 is 0.289 bits per heavy atom. The molecule has 0 spiro atoms. The molecule has 0 aliphatic heterocycles. The minimum Gasteiger partial charge on any atom is -1.00 e. The van der Waals surface area contributed by atoms with Crippen LogP contribution >= 0.6 is 0 Å². The third-order valence-corrected chi connectivity index (χ3v) is 5.21. The van der Waals surface area contributed by atoms with Crippen LogP contribution in [0.2, 0.25) is 0 Å². The van der Waals surface area contributed by atoms with Crippen molar-refractivity contribution in [3.8, 4) is 45.6 Å². The molecular weight excluding hydrogens is 539 g/mol. The maximum atomic E-state index is 4.59. The summed E-state index contributed by atoms with van der Waals surface area (Å²) < 4.78 is 0. The Labute approximate surface area is 238 Å². The molecule has 38 heavy (non-hydrogen) atoms. The number of rotatable bonds is 4. The Bertz CT molecular complexity index is 1290. The van der Waals surface area contributed by atoms with Crippen LogP contribution in [-0.4, -0.2) is 29.9 Å². The molecule has 6 aromatic rings. The standard InChI is InChI=1S/2C15H11N3.ClH.Co/c2*1-3-10-16-12(6-1)14-8-5-9-15(18-14)13-7-2-4-11-17-13;;/h2*1-11H;1H;/q;;;+2/p-1. The van der Waals surface area contributed by atoms with E-state index in [4.69, 9.17) is 0 Å². The number of hydrogen-bond donors (Lipinski definition) is 0. The molecule has 6 rings (SSSR count). The molecule has 0 saturated heterocycles. The summed E-state index contributed by atoms with van der Waals surface area (Å²) in [7, 11) is 0. The number of nitrogens with zero attached hydrogens (tertiary/aromatic N) is 6. The smallest absolute Gasteiger partial charge is 1.00 e. The summed E-state index contributed by atoms with van der Waals surface area (Å²) in [5, 5.41) is 0. The first kappa shape index (κ1) is 28.3. The van der Waals surface area contributed by atoms with Crippen molar-refractivity contribution in [1.29, 1.82) is 0 Å². The van der Waals surface area contributed by atoms with Crippen LogP contribution in [0.25, 0.3) is 45.6 Å². The quantitative estimate of drug-likeness (QED) is 0.329. The predicted octanol–water partition coefficient (Wildman–Crippen LogP) is 3.41. The van der Waals surface area contributed by atoms with E-state index in [1.54, 1.807) is 24.8 Å². The van der Waals surface area contributed by atoms with Gasteiger partial charge in [0.15, 0.2) is 0 Å². The molecule has 1 radical (unpaired) electrons. The van der Waals surface area contributed by atoms with Crippen molar-refractivity contribution in [2.75, 3.05) is 0 Å². The number of halogens is 1. The summed E-state index contributed by atoms with van der Waals surface area (Å²) >= 11 is 0. The molecule has 0 saturated carbocycles. The summed E-state index contributed by atoms with van der Waals surface area (Å²) in [6.45, 7) is 0. The minimum absolute atomic E-state index is 0. The van der Waals surface area contributed by atoms with E-state index in [1.807, 2.05) is 109 Å². The van der Waals surface area contributed by atoms with Crippen LogP contribution in [0.1, 0.15) is 0 Å². The van der Waals surface area contributed by atoms with Crippen molar-refractivity contribution in [3.05, 3.63) is 134 Å². The zero-order chi connectivity index (χ0) is 24.4. The van der Waals surface area contributed by atoms with E-state index < -0.39 is 0 Å². The second-order valence-electron chi connectivity index (χ2n) is 7.68. The van der Waals surface area contributed by atoms with Gasteiger partial charge in [-0.05, 0) is 72.8 Å². The van der Waals surface area contributed by atoms with Gasteiger partial charge in [0.1, 0.15) is 0 Å². The van der Waals surface area contributed by atoms with Gasteiger partial charge in [0.05, 0.1) is 45.6 Å². The van der Waals surface area contributed by atoms with Gasteiger partial charge in [0.25, 0.3) is 0 Å². The van der Waals surface area contributed by atoms with E-state index >= 15 is 0 Å². The molecule has 0 aliphatic rings. The summed E-state index contributed by atoms with van der Waals surface area (Å²) in [5.41, 5.74) is 6.92. The van der Waals surface area contributed by atoms with E-state index in [0.717, 1.165) is 45.6 Å². The van der Waals surface area contributed by atoms with E-state index in [1.165, 1.54) is 0 Å². The first-order valence-electron chi connectivity index (χ1n) is 11.5. The molecule has 0 atom stereocenters.